The van der Waals surface area contributed by atoms with Gasteiger partial charge in [-0.05, 0) is 19.3 Å². The summed E-state index contributed by atoms with van der Waals surface area (Å²) in [6, 6.07) is 0. The molecule has 0 aliphatic carbocycles. The van der Waals surface area contributed by atoms with E-state index >= 15 is 0 Å². The van der Waals surface area contributed by atoms with Crippen LogP contribution in [0.5, 0.6) is 0 Å². The largest absolute Gasteiger partial charge is 0.469 e. The molecule has 5 nitrogen and oxygen atoms in total. The molecule has 1 rings (SSSR count). The summed E-state index contributed by atoms with van der Waals surface area (Å²) in [6.07, 6.45) is 2.50. The lowest BCUT2D eigenvalue weighted by atomic mass is 10.1. The lowest BCUT2D eigenvalue weighted by Crippen LogP contribution is -2.30. The third-order valence-corrected chi connectivity index (χ3v) is 2.87. The summed E-state index contributed by atoms with van der Waals surface area (Å²) in [7, 11) is 1.37. The van der Waals surface area contributed by atoms with Crippen LogP contribution in [0.1, 0.15) is 25.7 Å². The van der Waals surface area contributed by atoms with Crippen LogP contribution in [0, 0.1) is 5.92 Å². The molecule has 1 N–H and O–H groups in total. The molecule has 0 aromatic heterocycles. The number of likely N-dealkylation sites (tertiary alicyclic amines) is 1. The highest BCUT2D eigenvalue weighted by Gasteiger charge is 2.31. The van der Waals surface area contributed by atoms with Gasteiger partial charge in [0, 0.05) is 26.1 Å². The second-order valence-electron chi connectivity index (χ2n) is 4.03. The number of amides is 1. The van der Waals surface area contributed by atoms with E-state index in [1.807, 2.05) is 0 Å². The van der Waals surface area contributed by atoms with Gasteiger partial charge in [0.25, 0.3) is 0 Å². The Morgan fingerprint density at radius 2 is 2.19 bits per heavy atom. The van der Waals surface area contributed by atoms with Crippen LogP contribution in [0.15, 0.2) is 0 Å². The first-order valence-electron chi connectivity index (χ1n) is 5.65. The molecule has 0 radical (unpaired) electrons. The molecule has 1 fully saturated rings. The van der Waals surface area contributed by atoms with Gasteiger partial charge in [-0.15, -0.1) is 0 Å². The molecule has 16 heavy (non-hydrogen) atoms. The quantitative estimate of drug-likeness (QED) is 0.539. The van der Waals surface area contributed by atoms with Gasteiger partial charge in [-0.3, -0.25) is 9.59 Å². The predicted molar refractivity (Wildman–Crippen MR) is 57.6 cm³/mol. The van der Waals surface area contributed by atoms with Crippen molar-refractivity contribution in [3.05, 3.63) is 0 Å². The Labute approximate surface area is 95.4 Å². The smallest absolute Gasteiger partial charge is 0.310 e. The lowest BCUT2D eigenvalue weighted by molar-refractivity contribution is -0.145. The van der Waals surface area contributed by atoms with Gasteiger partial charge in [0.1, 0.15) is 0 Å². The van der Waals surface area contributed by atoms with Crippen LogP contribution in [-0.2, 0) is 14.3 Å². The molecule has 92 valence electrons. The maximum atomic E-state index is 11.7. The number of unbranched alkanes of at least 4 members (excludes halogenated alkanes) is 1. The van der Waals surface area contributed by atoms with E-state index in [1.165, 1.54) is 7.11 Å². The average molecular weight is 229 g/mol. The van der Waals surface area contributed by atoms with Crippen molar-refractivity contribution in [1.82, 2.24) is 4.90 Å². The SMILES string of the molecule is COC(=O)C1CCN(C(=O)CCCCO)C1. The molecule has 1 aliphatic heterocycles. The molecule has 0 aromatic carbocycles. The molecule has 5 heteroatoms. The van der Waals surface area contributed by atoms with Gasteiger partial charge >= 0.3 is 5.97 Å². The maximum Gasteiger partial charge on any atom is 0.310 e. The van der Waals surface area contributed by atoms with Crippen LogP contribution in [0.2, 0.25) is 0 Å². The minimum atomic E-state index is -0.231. The van der Waals surface area contributed by atoms with Crippen molar-refractivity contribution < 1.29 is 19.4 Å². The molecule has 1 unspecified atom stereocenters. The molecule has 1 heterocycles. The monoisotopic (exact) mass is 229 g/mol. The van der Waals surface area contributed by atoms with Gasteiger partial charge in [0.15, 0.2) is 0 Å². The Morgan fingerprint density at radius 1 is 1.44 bits per heavy atom. The Bertz CT molecular complexity index is 254. The van der Waals surface area contributed by atoms with Gasteiger partial charge in [-0.1, -0.05) is 0 Å². The zero-order valence-corrected chi connectivity index (χ0v) is 9.65. The van der Waals surface area contributed by atoms with Crippen LogP contribution in [0.3, 0.4) is 0 Å². The minimum absolute atomic E-state index is 0.0693. The second kappa shape index (κ2) is 6.48. The summed E-state index contributed by atoms with van der Waals surface area (Å²) in [5, 5.41) is 8.61. The first kappa shape index (κ1) is 13.0. The van der Waals surface area contributed by atoms with Crippen LogP contribution in [-0.4, -0.2) is 48.7 Å². The topological polar surface area (TPSA) is 66.8 Å². The van der Waals surface area contributed by atoms with Gasteiger partial charge < -0.3 is 14.7 Å². The lowest BCUT2D eigenvalue weighted by Gasteiger charge is -2.15. The normalized spacial score (nSPS) is 19.9. The van der Waals surface area contributed by atoms with E-state index in [9.17, 15) is 9.59 Å². The number of carbonyl (C=O) groups is 2. The Hall–Kier alpha value is -1.10. The van der Waals surface area contributed by atoms with Gasteiger partial charge in [0.05, 0.1) is 13.0 Å². The van der Waals surface area contributed by atoms with Crippen molar-refractivity contribution >= 4 is 11.9 Å². The summed E-state index contributed by atoms with van der Waals surface area (Å²) in [4.78, 5) is 24.6. The van der Waals surface area contributed by atoms with E-state index in [2.05, 4.69) is 4.74 Å². The molecular weight excluding hydrogens is 210 g/mol. The molecule has 1 atom stereocenters. The summed E-state index contributed by atoms with van der Waals surface area (Å²) in [6.45, 7) is 1.24. The first-order valence-corrected chi connectivity index (χ1v) is 5.65. The molecule has 0 spiro atoms. The number of ether oxygens (including phenoxy) is 1. The van der Waals surface area contributed by atoms with Crippen molar-refractivity contribution in [2.24, 2.45) is 5.92 Å². The van der Waals surface area contributed by atoms with E-state index in [0.717, 1.165) is 0 Å². The fourth-order valence-electron chi connectivity index (χ4n) is 1.89. The zero-order valence-electron chi connectivity index (χ0n) is 9.65. The highest BCUT2D eigenvalue weighted by Crippen LogP contribution is 2.18. The maximum absolute atomic E-state index is 11.7. The van der Waals surface area contributed by atoms with E-state index in [0.29, 0.717) is 38.8 Å². The molecule has 0 aromatic rings. The number of hydrogen-bond donors (Lipinski definition) is 1. The summed E-state index contributed by atoms with van der Waals surface area (Å²) >= 11 is 0. The van der Waals surface area contributed by atoms with E-state index in [-0.39, 0.29) is 24.4 Å². The number of methoxy groups -OCH3 is 1. The number of aliphatic hydroxyl groups is 1. The molecule has 1 saturated heterocycles. The molecule has 0 saturated carbocycles. The van der Waals surface area contributed by atoms with Crippen LogP contribution < -0.4 is 0 Å². The predicted octanol–water partition coefficient (Wildman–Crippen LogP) is 0.170. The van der Waals surface area contributed by atoms with Crippen molar-refractivity contribution in [3.8, 4) is 0 Å². The van der Waals surface area contributed by atoms with E-state index < -0.39 is 0 Å². The fourth-order valence-corrected chi connectivity index (χ4v) is 1.89. The highest BCUT2D eigenvalue weighted by molar-refractivity contribution is 5.79. The van der Waals surface area contributed by atoms with Gasteiger partial charge in [0.2, 0.25) is 5.91 Å². The third-order valence-electron chi connectivity index (χ3n) is 2.87. The number of hydrogen-bond acceptors (Lipinski definition) is 4. The van der Waals surface area contributed by atoms with Crippen LogP contribution in [0.4, 0.5) is 0 Å². The molecule has 0 bridgehead atoms. The summed E-state index contributed by atoms with van der Waals surface area (Å²) in [5.74, 6) is -0.322. The summed E-state index contributed by atoms with van der Waals surface area (Å²) < 4.78 is 4.65. The van der Waals surface area contributed by atoms with Crippen molar-refractivity contribution in [2.75, 3.05) is 26.8 Å². The highest BCUT2D eigenvalue weighted by atomic mass is 16.5. The zero-order chi connectivity index (χ0) is 12.0. The Kier molecular flexibility index (Phi) is 5.25. The number of esters is 1. The van der Waals surface area contributed by atoms with Crippen LogP contribution >= 0.6 is 0 Å². The van der Waals surface area contributed by atoms with Crippen LogP contribution in [0.25, 0.3) is 0 Å². The fraction of sp³-hybridized carbons (Fsp3) is 0.818. The minimum Gasteiger partial charge on any atom is -0.469 e. The number of rotatable bonds is 5. The number of nitrogens with zero attached hydrogens (tertiary/aromatic N) is 1. The number of aliphatic hydroxyl groups excluding tert-OH is 1. The van der Waals surface area contributed by atoms with Gasteiger partial charge in [-0.2, -0.15) is 0 Å². The Balaban J connectivity index is 2.29. The Morgan fingerprint density at radius 3 is 2.81 bits per heavy atom. The first-order chi connectivity index (χ1) is 7.69. The average Bonchev–Trinajstić information content (AvgIpc) is 2.77. The van der Waals surface area contributed by atoms with Gasteiger partial charge in [-0.25, -0.2) is 0 Å². The molecule has 1 aliphatic rings. The summed E-state index contributed by atoms with van der Waals surface area (Å²) in [5.41, 5.74) is 0. The number of carbonyl (C=O) groups excluding carboxylic acids is 2. The van der Waals surface area contributed by atoms with E-state index in [1.54, 1.807) is 4.90 Å². The molecule has 1 amide bonds. The van der Waals surface area contributed by atoms with Crippen molar-refractivity contribution in [1.29, 1.82) is 0 Å². The molecular formula is C11H19NO4. The van der Waals surface area contributed by atoms with Crippen molar-refractivity contribution in [2.45, 2.75) is 25.7 Å². The standard InChI is InChI=1S/C11H19NO4/c1-16-11(15)9-5-6-12(8-9)10(14)4-2-3-7-13/h9,13H,2-8H2,1H3. The van der Waals surface area contributed by atoms with E-state index in [4.69, 9.17) is 5.11 Å². The van der Waals surface area contributed by atoms with Crippen molar-refractivity contribution in [3.63, 3.8) is 0 Å². The second-order valence-corrected chi connectivity index (χ2v) is 4.03. The third kappa shape index (κ3) is 3.48.